The molecule has 1 aliphatic rings. The third kappa shape index (κ3) is 4.87. The fourth-order valence-corrected chi connectivity index (χ4v) is 3.85. The van der Waals surface area contributed by atoms with Crippen LogP contribution >= 0.6 is 0 Å². The van der Waals surface area contributed by atoms with Crippen LogP contribution in [0.1, 0.15) is 29.5 Å². The van der Waals surface area contributed by atoms with Crippen LogP contribution in [0.25, 0.3) is 5.57 Å². The molecule has 1 heterocycles. The molecule has 0 spiro atoms. The molecule has 1 unspecified atom stereocenters. The quantitative estimate of drug-likeness (QED) is 0.365. The molecule has 36 heavy (non-hydrogen) atoms. The molecule has 0 saturated heterocycles. The predicted molar refractivity (Wildman–Crippen MR) is 112 cm³/mol. The molecule has 3 rings (SSSR count). The summed E-state index contributed by atoms with van der Waals surface area (Å²) in [6.45, 7) is 1.20. The standard InChI is InChI=1S/C24H18F8N2O2/c1-14-3-5-15(6-4-14)19-18(13-33)20(35)34-22(23(19,28)29,24(30,31)32)16-7-9-17(10-8-16)36-12-2-11-21(25,26)27/h3-10H,2,11-12H2,1H3,(H,34,35). The maximum absolute atomic E-state index is 15.9. The topological polar surface area (TPSA) is 62.1 Å². The molecule has 192 valence electrons. The van der Waals surface area contributed by atoms with Crippen LogP contribution in [0, 0.1) is 18.3 Å². The number of carbonyl (C=O) groups is 1. The van der Waals surface area contributed by atoms with Gasteiger partial charge in [0.2, 0.25) is 5.54 Å². The molecule has 2 aromatic rings. The number of carbonyl (C=O) groups excluding carboxylic acids is 1. The molecule has 0 aliphatic carbocycles. The summed E-state index contributed by atoms with van der Waals surface area (Å²) in [6.07, 6.45) is -11.7. The van der Waals surface area contributed by atoms with Gasteiger partial charge in [0.15, 0.2) is 0 Å². The van der Waals surface area contributed by atoms with E-state index in [4.69, 9.17) is 4.74 Å². The summed E-state index contributed by atoms with van der Waals surface area (Å²) in [6, 6.07) is 9.21. The van der Waals surface area contributed by atoms with Gasteiger partial charge in [-0.05, 0) is 36.6 Å². The maximum Gasteiger partial charge on any atom is 0.422 e. The zero-order valence-corrected chi connectivity index (χ0v) is 18.5. The molecule has 0 bridgehead atoms. The number of rotatable bonds is 6. The highest BCUT2D eigenvalue weighted by Crippen LogP contribution is 2.57. The highest BCUT2D eigenvalue weighted by molar-refractivity contribution is 6.09. The van der Waals surface area contributed by atoms with E-state index in [2.05, 4.69) is 0 Å². The normalized spacial score (nSPS) is 20.1. The number of hydrogen-bond acceptors (Lipinski definition) is 3. The Labute approximate surface area is 200 Å². The van der Waals surface area contributed by atoms with Gasteiger partial charge in [-0.1, -0.05) is 42.0 Å². The van der Waals surface area contributed by atoms with Gasteiger partial charge in [-0.2, -0.15) is 40.4 Å². The van der Waals surface area contributed by atoms with Crippen LogP contribution in [0.15, 0.2) is 54.1 Å². The minimum atomic E-state index is -5.74. The van der Waals surface area contributed by atoms with E-state index >= 15 is 8.78 Å². The first-order chi connectivity index (χ1) is 16.6. The Bertz CT molecular complexity index is 1190. The van der Waals surface area contributed by atoms with Crippen molar-refractivity contribution >= 4 is 11.5 Å². The molecule has 2 aromatic carbocycles. The van der Waals surface area contributed by atoms with Gasteiger partial charge in [-0.3, -0.25) is 4.79 Å². The van der Waals surface area contributed by atoms with Gasteiger partial charge in [0, 0.05) is 6.42 Å². The second kappa shape index (κ2) is 9.44. The molecular formula is C24H18F8N2O2. The lowest BCUT2D eigenvalue weighted by atomic mass is 9.73. The van der Waals surface area contributed by atoms with E-state index in [-0.39, 0.29) is 5.75 Å². The number of hydrogen-bond donors (Lipinski definition) is 1. The molecular weight excluding hydrogens is 500 g/mol. The van der Waals surface area contributed by atoms with Gasteiger partial charge in [0.05, 0.1) is 12.2 Å². The molecule has 0 fully saturated rings. The van der Waals surface area contributed by atoms with Crippen LogP contribution in [0.3, 0.4) is 0 Å². The molecule has 12 heteroatoms. The van der Waals surface area contributed by atoms with Gasteiger partial charge in [0.25, 0.3) is 5.91 Å². The molecule has 0 aromatic heterocycles. The number of nitriles is 1. The number of amides is 1. The second-order valence-corrected chi connectivity index (χ2v) is 8.10. The third-order valence-corrected chi connectivity index (χ3v) is 5.60. The van der Waals surface area contributed by atoms with Crippen molar-refractivity contribution < 1.29 is 44.7 Å². The van der Waals surface area contributed by atoms with Crippen molar-refractivity contribution in [1.82, 2.24) is 5.32 Å². The zero-order chi connectivity index (χ0) is 26.9. The summed E-state index contributed by atoms with van der Waals surface area (Å²) in [5.41, 5.74) is -7.67. The van der Waals surface area contributed by atoms with Gasteiger partial charge in [-0.25, -0.2) is 0 Å². The molecule has 1 atom stereocenters. The Morgan fingerprint density at radius 1 is 0.972 bits per heavy atom. The van der Waals surface area contributed by atoms with Crippen molar-refractivity contribution in [2.45, 2.75) is 43.6 Å². The molecule has 1 amide bonds. The molecule has 1 N–H and O–H groups in total. The number of nitrogens with one attached hydrogen (secondary N) is 1. The first kappa shape index (κ1) is 27.0. The van der Waals surface area contributed by atoms with E-state index in [0.717, 1.165) is 24.3 Å². The lowest BCUT2D eigenvalue weighted by molar-refractivity contribution is -0.255. The average molecular weight is 518 g/mol. The first-order valence-corrected chi connectivity index (χ1v) is 10.4. The summed E-state index contributed by atoms with van der Waals surface area (Å²) >= 11 is 0. The predicted octanol–water partition coefficient (Wildman–Crippen LogP) is 6.22. The first-order valence-electron chi connectivity index (χ1n) is 10.4. The van der Waals surface area contributed by atoms with E-state index in [9.17, 15) is 36.4 Å². The third-order valence-electron chi connectivity index (χ3n) is 5.60. The number of aryl methyl sites for hydroxylation is 1. The van der Waals surface area contributed by atoms with E-state index in [1.807, 2.05) is 0 Å². The summed E-state index contributed by atoms with van der Waals surface area (Å²) in [4.78, 5) is 12.6. The van der Waals surface area contributed by atoms with E-state index in [1.165, 1.54) is 23.5 Å². The van der Waals surface area contributed by atoms with Crippen molar-refractivity contribution in [3.63, 3.8) is 0 Å². The summed E-state index contributed by atoms with van der Waals surface area (Å²) in [5, 5.41) is 10.7. The SMILES string of the molecule is Cc1ccc(C2=C(C#N)C(=O)NC(c3ccc(OCCCC(F)(F)F)cc3)(C(F)(F)F)C2(F)F)cc1. The number of benzene rings is 2. The Morgan fingerprint density at radius 3 is 2.06 bits per heavy atom. The van der Waals surface area contributed by atoms with Gasteiger partial charge in [0.1, 0.15) is 17.4 Å². The lowest BCUT2D eigenvalue weighted by Gasteiger charge is -2.46. The monoisotopic (exact) mass is 518 g/mol. The smallest absolute Gasteiger partial charge is 0.422 e. The number of ether oxygens (including phenoxy) is 1. The Morgan fingerprint density at radius 2 is 1.56 bits per heavy atom. The number of halogens is 8. The van der Waals surface area contributed by atoms with Crippen LogP contribution in [0.4, 0.5) is 35.1 Å². The minimum absolute atomic E-state index is 0.157. The molecule has 0 radical (unpaired) electrons. The number of alkyl halides is 8. The van der Waals surface area contributed by atoms with Gasteiger partial charge < -0.3 is 10.1 Å². The van der Waals surface area contributed by atoms with E-state index < -0.39 is 71.4 Å². The average Bonchev–Trinajstić information content (AvgIpc) is 2.77. The summed E-state index contributed by atoms with van der Waals surface area (Å²) in [7, 11) is 0. The number of nitrogens with zero attached hydrogens (tertiary/aromatic N) is 1. The van der Waals surface area contributed by atoms with E-state index in [0.29, 0.717) is 17.7 Å². The largest absolute Gasteiger partial charge is 0.494 e. The van der Waals surface area contributed by atoms with Crippen LogP contribution in [-0.4, -0.2) is 30.8 Å². The van der Waals surface area contributed by atoms with Crippen molar-refractivity contribution in [3.05, 3.63) is 70.8 Å². The zero-order valence-electron chi connectivity index (χ0n) is 18.5. The van der Waals surface area contributed by atoms with Gasteiger partial charge in [-0.15, -0.1) is 0 Å². The Kier molecular flexibility index (Phi) is 7.08. The highest BCUT2D eigenvalue weighted by atomic mass is 19.4. The van der Waals surface area contributed by atoms with Crippen LogP contribution in [-0.2, 0) is 10.3 Å². The van der Waals surface area contributed by atoms with Crippen LogP contribution in [0.2, 0.25) is 0 Å². The molecule has 4 nitrogen and oxygen atoms in total. The van der Waals surface area contributed by atoms with Crippen molar-refractivity contribution in [3.8, 4) is 11.8 Å². The van der Waals surface area contributed by atoms with Crippen molar-refractivity contribution in [1.29, 1.82) is 5.26 Å². The maximum atomic E-state index is 15.9. The Hall–Kier alpha value is -3.62. The van der Waals surface area contributed by atoms with Crippen LogP contribution < -0.4 is 10.1 Å². The van der Waals surface area contributed by atoms with Crippen LogP contribution in [0.5, 0.6) is 5.75 Å². The highest BCUT2D eigenvalue weighted by Gasteiger charge is 2.75. The minimum Gasteiger partial charge on any atom is -0.494 e. The second-order valence-electron chi connectivity index (χ2n) is 8.10. The Balaban J connectivity index is 2.08. The van der Waals surface area contributed by atoms with Crippen molar-refractivity contribution in [2.75, 3.05) is 6.61 Å². The molecule has 0 saturated carbocycles. The van der Waals surface area contributed by atoms with Crippen molar-refractivity contribution in [2.24, 2.45) is 0 Å². The molecule has 1 aliphatic heterocycles. The summed E-state index contributed by atoms with van der Waals surface area (Å²) < 4.78 is 117. The fourth-order valence-electron chi connectivity index (χ4n) is 3.85. The fraction of sp³-hybridized carbons (Fsp3) is 0.333. The van der Waals surface area contributed by atoms with E-state index in [1.54, 1.807) is 6.92 Å². The lowest BCUT2D eigenvalue weighted by Crippen LogP contribution is -2.69. The summed E-state index contributed by atoms with van der Waals surface area (Å²) in [5.74, 6) is -6.63. The van der Waals surface area contributed by atoms with Gasteiger partial charge >= 0.3 is 18.3 Å².